The van der Waals surface area contributed by atoms with E-state index >= 15 is 0 Å². The van der Waals surface area contributed by atoms with Crippen LogP contribution in [0.25, 0.3) is 10.9 Å². The summed E-state index contributed by atoms with van der Waals surface area (Å²) in [6.07, 6.45) is -4.41. The number of rotatable bonds is 3. The summed E-state index contributed by atoms with van der Waals surface area (Å²) in [4.78, 5) is 4.71. The van der Waals surface area contributed by atoms with E-state index in [1.165, 1.54) is 12.1 Å². The van der Waals surface area contributed by atoms with Gasteiger partial charge in [-0.2, -0.15) is 13.2 Å². The lowest BCUT2D eigenvalue weighted by Crippen LogP contribution is -2.54. The Morgan fingerprint density at radius 2 is 2.00 bits per heavy atom. The number of morpholine rings is 1. The number of fused-ring (bicyclic) bond motifs is 2. The molecule has 3 unspecified atom stereocenters. The molecule has 170 valence electrons. The number of H-pyrrole nitrogens is 1. The van der Waals surface area contributed by atoms with Gasteiger partial charge in [-0.3, -0.25) is 4.90 Å². The van der Waals surface area contributed by atoms with Gasteiger partial charge in [-0.25, -0.2) is 4.39 Å². The SMILES string of the molecule is CC1CN(C2COc3cc(F)ccc3C2Nc2cccc3[nH]c(C(F)(F)F)cc23)CCO1. The quantitative estimate of drug-likeness (QED) is 0.555. The first-order chi connectivity index (χ1) is 15.3. The zero-order valence-electron chi connectivity index (χ0n) is 17.4. The number of hydrogen-bond donors (Lipinski definition) is 2. The topological polar surface area (TPSA) is 49.5 Å². The Balaban J connectivity index is 1.55. The first-order valence-electron chi connectivity index (χ1n) is 10.5. The number of aromatic amines is 1. The number of aromatic nitrogens is 1. The zero-order chi connectivity index (χ0) is 22.5. The van der Waals surface area contributed by atoms with Crippen molar-refractivity contribution >= 4 is 16.6 Å². The van der Waals surface area contributed by atoms with Gasteiger partial charge in [0.25, 0.3) is 0 Å². The van der Waals surface area contributed by atoms with E-state index in [-0.39, 0.29) is 18.2 Å². The van der Waals surface area contributed by atoms with Crippen LogP contribution in [0.4, 0.5) is 23.2 Å². The smallest absolute Gasteiger partial charge is 0.431 e. The molecule has 0 bridgehead atoms. The van der Waals surface area contributed by atoms with E-state index in [2.05, 4.69) is 15.2 Å². The number of ether oxygens (including phenoxy) is 2. The third kappa shape index (κ3) is 3.91. The van der Waals surface area contributed by atoms with Crippen LogP contribution in [0.1, 0.15) is 24.2 Å². The molecule has 0 spiro atoms. The Bertz CT molecular complexity index is 1130. The van der Waals surface area contributed by atoms with E-state index in [1.807, 2.05) is 6.92 Å². The number of halogens is 4. The van der Waals surface area contributed by atoms with Crippen LogP contribution in [0.2, 0.25) is 0 Å². The Morgan fingerprint density at radius 1 is 1.16 bits per heavy atom. The highest BCUT2D eigenvalue weighted by Gasteiger charge is 2.38. The summed E-state index contributed by atoms with van der Waals surface area (Å²) in [6, 6.07) is 10.2. The van der Waals surface area contributed by atoms with Crippen molar-refractivity contribution in [2.45, 2.75) is 31.3 Å². The second-order valence-corrected chi connectivity index (χ2v) is 8.31. The molecule has 0 radical (unpaired) electrons. The second kappa shape index (κ2) is 7.97. The first kappa shape index (κ1) is 21.1. The molecule has 5 rings (SSSR count). The van der Waals surface area contributed by atoms with Gasteiger partial charge >= 0.3 is 6.18 Å². The van der Waals surface area contributed by atoms with E-state index in [0.717, 1.165) is 11.6 Å². The van der Waals surface area contributed by atoms with E-state index < -0.39 is 17.7 Å². The molecule has 1 aromatic heterocycles. The fourth-order valence-electron chi connectivity index (χ4n) is 4.61. The van der Waals surface area contributed by atoms with Gasteiger partial charge in [0, 0.05) is 41.3 Å². The lowest BCUT2D eigenvalue weighted by atomic mass is 9.93. The van der Waals surface area contributed by atoms with Crippen molar-refractivity contribution in [1.29, 1.82) is 0 Å². The highest BCUT2D eigenvalue weighted by molar-refractivity contribution is 5.93. The van der Waals surface area contributed by atoms with Crippen LogP contribution in [0, 0.1) is 5.82 Å². The molecule has 5 nitrogen and oxygen atoms in total. The maximum absolute atomic E-state index is 13.8. The largest absolute Gasteiger partial charge is 0.491 e. The molecule has 2 N–H and O–H groups in total. The summed E-state index contributed by atoms with van der Waals surface area (Å²) in [7, 11) is 0. The monoisotopic (exact) mass is 449 g/mol. The van der Waals surface area contributed by atoms with E-state index in [0.29, 0.717) is 48.6 Å². The van der Waals surface area contributed by atoms with Gasteiger partial charge in [0.2, 0.25) is 0 Å². The fourth-order valence-corrected chi connectivity index (χ4v) is 4.61. The third-order valence-electron chi connectivity index (χ3n) is 6.13. The summed E-state index contributed by atoms with van der Waals surface area (Å²) in [5, 5.41) is 3.90. The Morgan fingerprint density at radius 3 is 2.78 bits per heavy atom. The number of nitrogens with zero attached hydrogens (tertiary/aromatic N) is 1. The van der Waals surface area contributed by atoms with Gasteiger partial charge in [0.05, 0.1) is 24.8 Å². The molecule has 1 saturated heterocycles. The van der Waals surface area contributed by atoms with Crippen LogP contribution in [0.15, 0.2) is 42.5 Å². The summed E-state index contributed by atoms with van der Waals surface area (Å²) in [5.74, 6) is 0.0424. The third-order valence-corrected chi connectivity index (χ3v) is 6.13. The molecule has 0 amide bonds. The van der Waals surface area contributed by atoms with Crippen molar-refractivity contribution in [1.82, 2.24) is 9.88 Å². The minimum absolute atomic E-state index is 0.0569. The van der Waals surface area contributed by atoms with Crippen LogP contribution in [-0.2, 0) is 10.9 Å². The van der Waals surface area contributed by atoms with Gasteiger partial charge in [0.15, 0.2) is 0 Å². The molecule has 2 aromatic carbocycles. The molecule has 0 saturated carbocycles. The summed E-state index contributed by atoms with van der Waals surface area (Å²) in [6.45, 7) is 4.33. The zero-order valence-corrected chi connectivity index (χ0v) is 17.4. The maximum atomic E-state index is 13.8. The molecule has 3 aromatic rings. The van der Waals surface area contributed by atoms with Crippen molar-refractivity contribution < 1.29 is 27.0 Å². The Hall–Kier alpha value is -2.78. The Kier molecular flexibility index (Phi) is 5.25. The summed E-state index contributed by atoms with van der Waals surface area (Å²) < 4.78 is 65.2. The Labute approximate surface area is 182 Å². The molecule has 9 heteroatoms. The van der Waals surface area contributed by atoms with Crippen LogP contribution in [0.3, 0.4) is 0 Å². The first-order valence-corrected chi connectivity index (χ1v) is 10.5. The number of benzene rings is 2. The van der Waals surface area contributed by atoms with Crippen molar-refractivity contribution in [3.05, 3.63) is 59.5 Å². The van der Waals surface area contributed by atoms with Gasteiger partial charge in [0.1, 0.15) is 23.9 Å². The molecule has 2 aliphatic heterocycles. The van der Waals surface area contributed by atoms with Crippen LogP contribution < -0.4 is 10.1 Å². The molecule has 3 atom stereocenters. The second-order valence-electron chi connectivity index (χ2n) is 8.31. The van der Waals surface area contributed by atoms with E-state index in [9.17, 15) is 17.6 Å². The van der Waals surface area contributed by atoms with Crippen molar-refractivity contribution in [2.75, 3.05) is 31.6 Å². The molecule has 3 heterocycles. The fraction of sp³-hybridized carbons (Fsp3) is 0.391. The lowest BCUT2D eigenvalue weighted by Gasteiger charge is -2.44. The number of anilines is 1. The lowest BCUT2D eigenvalue weighted by molar-refractivity contribution is -0.140. The van der Waals surface area contributed by atoms with Gasteiger partial charge in [-0.1, -0.05) is 12.1 Å². The van der Waals surface area contributed by atoms with Gasteiger partial charge < -0.3 is 19.8 Å². The number of nitrogens with one attached hydrogen (secondary N) is 2. The molecular weight excluding hydrogens is 426 g/mol. The molecule has 2 aliphatic rings. The molecule has 32 heavy (non-hydrogen) atoms. The minimum Gasteiger partial charge on any atom is -0.491 e. The summed E-state index contributed by atoms with van der Waals surface area (Å²) in [5.41, 5.74) is 0.938. The number of alkyl halides is 3. The maximum Gasteiger partial charge on any atom is 0.431 e. The van der Waals surface area contributed by atoms with Crippen molar-refractivity contribution in [3.63, 3.8) is 0 Å². The van der Waals surface area contributed by atoms with Gasteiger partial charge in [-0.05, 0) is 31.2 Å². The predicted molar refractivity (Wildman–Crippen MR) is 112 cm³/mol. The van der Waals surface area contributed by atoms with Crippen LogP contribution in [-0.4, -0.2) is 48.3 Å². The molecular formula is C23H23F4N3O2. The number of hydrogen-bond acceptors (Lipinski definition) is 4. The highest BCUT2D eigenvalue weighted by atomic mass is 19.4. The molecule has 0 aliphatic carbocycles. The van der Waals surface area contributed by atoms with E-state index in [1.54, 1.807) is 24.3 Å². The average Bonchev–Trinajstić information content (AvgIpc) is 3.20. The minimum atomic E-state index is -4.47. The highest BCUT2D eigenvalue weighted by Crippen LogP contribution is 2.40. The van der Waals surface area contributed by atoms with Crippen LogP contribution >= 0.6 is 0 Å². The normalized spacial score (nSPS) is 24.2. The molecule has 1 fully saturated rings. The average molecular weight is 449 g/mol. The predicted octanol–water partition coefficient (Wildman–Crippen LogP) is 4.96. The standard InChI is InChI=1S/C23H23F4N3O2/c1-13-11-30(7-8-31-13)19-12-32-20-9-14(24)5-6-15(20)22(19)29-18-4-2-3-17-16(18)10-21(28-17)23(25,26)27/h2-6,9-10,13,19,22,28-29H,7-8,11-12H2,1H3. The van der Waals surface area contributed by atoms with Crippen LogP contribution in [0.5, 0.6) is 5.75 Å². The van der Waals surface area contributed by atoms with Crippen molar-refractivity contribution in [3.8, 4) is 5.75 Å². The van der Waals surface area contributed by atoms with Crippen molar-refractivity contribution in [2.24, 2.45) is 0 Å². The van der Waals surface area contributed by atoms with E-state index in [4.69, 9.17) is 9.47 Å². The van der Waals surface area contributed by atoms with Gasteiger partial charge in [-0.15, -0.1) is 0 Å². The summed E-state index contributed by atoms with van der Waals surface area (Å²) >= 11 is 0.